The first-order valence-corrected chi connectivity index (χ1v) is 22.0. The summed E-state index contributed by atoms with van der Waals surface area (Å²) in [6.45, 7) is 6.04. The number of rotatable bonds is 18. The van der Waals surface area contributed by atoms with Crippen LogP contribution in [0.5, 0.6) is 5.75 Å². The minimum absolute atomic E-state index is 0.0457. The molecular formula is C48H56N4O9. The molecule has 13 nitrogen and oxygen atoms in total. The monoisotopic (exact) mass is 832 g/mol. The van der Waals surface area contributed by atoms with Crippen molar-refractivity contribution < 1.29 is 43.3 Å². The minimum atomic E-state index is -0.807. The molecule has 2 aromatic heterocycles. The van der Waals surface area contributed by atoms with Crippen LogP contribution in [0.4, 0.5) is 0 Å². The molecule has 0 bridgehead atoms. The molecule has 4 aliphatic rings. The third-order valence-electron chi connectivity index (χ3n) is 13.8. The number of hydrogen-bond acceptors (Lipinski definition) is 10. The van der Waals surface area contributed by atoms with Gasteiger partial charge in [-0.1, -0.05) is 54.6 Å². The second-order valence-electron chi connectivity index (χ2n) is 17.8. The number of para-hydroxylation sites is 3. The van der Waals surface area contributed by atoms with E-state index in [2.05, 4.69) is 45.1 Å². The van der Waals surface area contributed by atoms with Gasteiger partial charge >= 0.3 is 17.9 Å². The molecule has 6 heterocycles. The quantitative estimate of drug-likeness (QED) is 0.0597. The van der Waals surface area contributed by atoms with Crippen LogP contribution in [0.2, 0.25) is 0 Å². The minimum Gasteiger partial charge on any atom is -0.489 e. The van der Waals surface area contributed by atoms with Crippen molar-refractivity contribution >= 4 is 39.8 Å². The van der Waals surface area contributed by atoms with E-state index in [4.69, 9.17) is 13.6 Å². The fraction of sp³-hybridized carbons (Fsp3) is 0.479. The van der Waals surface area contributed by atoms with Gasteiger partial charge in [0.05, 0.1) is 17.8 Å². The Kier molecular flexibility index (Phi) is 12.2. The Balaban J connectivity index is 1.01. The van der Waals surface area contributed by atoms with Crippen molar-refractivity contribution in [1.82, 2.24) is 20.9 Å². The van der Waals surface area contributed by atoms with Crippen LogP contribution < -0.4 is 20.7 Å². The molecule has 1 unspecified atom stereocenters. The molecule has 0 spiro atoms. The summed E-state index contributed by atoms with van der Waals surface area (Å²) >= 11 is 0. The molecule has 13 heteroatoms. The molecule has 7 atom stereocenters. The Morgan fingerprint density at radius 1 is 0.623 bits per heavy atom. The van der Waals surface area contributed by atoms with Gasteiger partial charge < -0.3 is 44.8 Å². The molecule has 0 aliphatic carbocycles. The normalized spacial score (nSPS) is 22.8. The van der Waals surface area contributed by atoms with E-state index in [1.54, 1.807) is 0 Å². The number of benzene rings is 3. The van der Waals surface area contributed by atoms with Gasteiger partial charge in [0, 0.05) is 66.4 Å². The number of nitrogens with one attached hydrogen (secondary N) is 3. The number of ether oxygens (including phenoxy) is 1. The maximum absolute atomic E-state index is 12.4. The molecule has 61 heavy (non-hydrogen) atoms. The highest BCUT2D eigenvalue weighted by molar-refractivity contribution is 5.82. The SMILES string of the molecule is O=C(O)[C@@H](Cc1cc2cccc(CN(Cc3cccc4c3OC(C[C@H](C(=O)O)[C@H]3CCNC3)C4)Cc3cccc4cc(C[C@H](C(=O)O)[C@H]5CCNC5)oc34)c2o1)[C@H]1CCNC1. The molecule has 9 rings (SSSR count). The van der Waals surface area contributed by atoms with Crippen LogP contribution in [-0.2, 0) is 53.3 Å². The van der Waals surface area contributed by atoms with E-state index in [9.17, 15) is 29.7 Å². The van der Waals surface area contributed by atoms with Crippen LogP contribution in [0, 0.1) is 35.5 Å². The number of aliphatic carboxylic acids is 3. The zero-order chi connectivity index (χ0) is 42.0. The molecule has 6 N–H and O–H groups in total. The summed E-state index contributed by atoms with van der Waals surface area (Å²) in [6.07, 6.45) is 4.00. The summed E-state index contributed by atoms with van der Waals surface area (Å²) in [5, 5.41) is 42.3. The van der Waals surface area contributed by atoms with Gasteiger partial charge in [-0.2, -0.15) is 0 Å². The van der Waals surface area contributed by atoms with Gasteiger partial charge in [-0.3, -0.25) is 19.3 Å². The lowest BCUT2D eigenvalue weighted by atomic mass is 9.86. The van der Waals surface area contributed by atoms with Gasteiger partial charge in [0.1, 0.15) is 34.5 Å². The number of carboxylic acids is 3. The van der Waals surface area contributed by atoms with Gasteiger partial charge in [-0.15, -0.1) is 0 Å². The lowest BCUT2D eigenvalue weighted by Crippen LogP contribution is -2.31. The fourth-order valence-electron chi connectivity index (χ4n) is 10.5. The maximum Gasteiger partial charge on any atom is 0.307 e. The van der Waals surface area contributed by atoms with Crippen LogP contribution >= 0.6 is 0 Å². The molecule has 5 aromatic rings. The predicted molar refractivity (Wildman–Crippen MR) is 228 cm³/mol. The number of nitrogens with zero attached hydrogens (tertiary/aromatic N) is 1. The van der Waals surface area contributed by atoms with E-state index < -0.39 is 35.7 Å². The van der Waals surface area contributed by atoms with Crippen LogP contribution in [0.25, 0.3) is 21.9 Å². The van der Waals surface area contributed by atoms with Gasteiger partial charge in [0.2, 0.25) is 0 Å². The Bertz CT molecular complexity index is 2250. The first-order valence-electron chi connectivity index (χ1n) is 22.0. The summed E-state index contributed by atoms with van der Waals surface area (Å²) in [6, 6.07) is 22.3. The third-order valence-corrected chi connectivity index (χ3v) is 13.8. The summed E-state index contributed by atoms with van der Waals surface area (Å²) in [5.74, 6) is -1.65. The second-order valence-corrected chi connectivity index (χ2v) is 17.8. The van der Waals surface area contributed by atoms with Crippen molar-refractivity contribution in [2.75, 3.05) is 39.3 Å². The highest BCUT2D eigenvalue weighted by Gasteiger charge is 2.37. The molecule has 322 valence electrons. The zero-order valence-electron chi connectivity index (χ0n) is 34.4. The molecule has 0 saturated carbocycles. The van der Waals surface area contributed by atoms with E-state index in [1.807, 2.05) is 42.5 Å². The molecule has 3 fully saturated rings. The maximum atomic E-state index is 12.4. The standard InChI is InChI=1S/C48H56N4O9/c53-46(54)40(31-10-13-49-22-31)19-37-16-28-4-1-7-34(43(28)59-37)25-52(26-35-8-2-5-29-17-38(60-44(29)35)20-41(47(55)56)32-11-14-50-23-32)27-36-9-3-6-30-18-39(61-45(30)36)21-42(48(57)58)33-12-15-51-24-33/h1-9,16-17,31-33,39-42,49-51H,10-15,18-27H2,(H,53,54)(H,55,56)(H,57,58)/t31-,32-,33-,39?,40-,41-,42-/m0/s1. The Morgan fingerprint density at radius 3 is 1.56 bits per heavy atom. The van der Waals surface area contributed by atoms with Crippen LogP contribution in [0.3, 0.4) is 0 Å². The van der Waals surface area contributed by atoms with Gasteiger partial charge in [-0.25, -0.2) is 0 Å². The highest BCUT2D eigenvalue weighted by atomic mass is 16.5. The van der Waals surface area contributed by atoms with Crippen LogP contribution in [0.1, 0.15) is 59.5 Å². The Morgan fingerprint density at radius 2 is 1.08 bits per heavy atom. The van der Waals surface area contributed by atoms with Crippen molar-refractivity contribution in [2.45, 2.75) is 70.7 Å². The molecule has 3 aromatic carbocycles. The average molecular weight is 833 g/mol. The van der Waals surface area contributed by atoms with E-state index in [0.29, 0.717) is 76.5 Å². The summed E-state index contributed by atoms with van der Waals surface area (Å²) < 4.78 is 19.8. The van der Waals surface area contributed by atoms with Crippen LogP contribution in [0.15, 0.2) is 75.6 Å². The number of carboxylic acid groups (broad SMARTS) is 3. The molecular weight excluding hydrogens is 777 g/mol. The van der Waals surface area contributed by atoms with Crippen molar-refractivity contribution in [1.29, 1.82) is 0 Å². The van der Waals surface area contributed by atoms with Crippen LogP contribution in [-0.4, -0.2) is 83.5 Å². The van der Waals surface area contributed by atoms with Gasteiger partial charge in [0.15, 0.2) is 0 Å². The largest absolute Gasteiger partial charge is 0.489 e. The number of hydrogen-bond donors (Lipinski definition) is 6. The van der Waals surface area contributed by atoms with Gasteiger partial charge in [0.25, 0.3) is 0 Å². The third kappa shape index (κ3) is 9.06. The van der Waals surface area contributed by atoms with E-state index in [0.717, 1.165) is 88.8 Å². The predicted octanol–water partition coefficient (Wildman–Crippen LogP) is 6.09. The van der Waals surface area contributed by atoms with E-state index >= 15 is 0 Å². The average Bonchev–Trinajstić information content (AvgIpc) is 4.08. The van der Waals surface area contributed by atoms with Gasteiger partial charge in [-0.05, 0) is 100 Å². The fourth-order valence-corrected chi connectivity index (χ4v) is 10.5. The van der Waals surface area contributed by atoms with Crippen molar-refractivity contribution in [2.24, 2.45) is 35.5 Å². The topological polar surface area (TPSA) is 187 Å². The lowest BCUT2D eigenvalue weighted by molar-refractivity contribution is -0.145. The molecule has 4 aliphatic heterocycles. The van der Waals surface area contributed by atoms with Crippen molar-refractivity contribution in [3.05, 3.63) is 101 Å². The molecule has 0 amide bonds. The smallest absolute Gasteiger partial charge is 0.307 e. The number of carbonyl (C=O) groups is 3. The van der Waals surface area contributed by atoms with E-state index in [-0.39, 0.29) is 23.9 Å². The van der Waals surface area contributed by atoms with Crippen molar-refractivity contribution in [3.8, 4) is 5.75 Å². The van der Waals surface area contributed by atoms with E-state index in [1.165, 1.54) is 0 Å². The first kappa shape index (κ1) is 41.2. The summed E-state index contributed by atoms with van der Waals surface area (Å²) in [5.41, 5.74) is 5.44. The lowest BCUT2D eigenvalue weighted by Gasteiger charge is -2.25. The Labute approximate surface area is 354 Å². The second kappa shape index (κ2) is 18.0. The number of furan rings is 2. The number of fused-ring (bicyclic) bond motifs is 3. The zero-order valence-corrected chi connectivity index (χ0v) is 34.4. The summed E-state index contributed by atoms with van der Waals surface area (Å²) in [7, 11) is 0. The molecule has 0 radical (unpaired) electrons. The first-order chi connectivity index (χ1) is 29.7. The van der Waals surface area contributed by atoms with Crippen molar-refractivity contribution in [3.63, 3.8) is 0 Å². The Hall–Kier alpha value is -5.21. The highest BCUT2D eigenvalue weighted by Crippen LogP contribution is 2.39. The molecule has 3 saturated heterocycles. The summed E-state index contributed by atoms with van der Waals surface area (Å²) in [4.78, 5) is 39.5.